The van der Waals surface area contributed by atoms with E-state index in [9.17, 15) is 0 Å². The van der Waals surface area contributed by atoms with Crippen LogP contribution in [0.2, 0.25) is 0 Å². The Morgan fingerprint density at radius 3 is 2.22 bits per heavy atom. The van der Waals surface area contributed by atoms with Crippen molar-refractivity contribution in [2.24, 2.45) is 0 Å². The lowest BCUT2D eigenvalue weighted by molar-refractivity contribution is 0.0113. The van der Waals surface area contributed by atoms with E-state index in [2.05, 4.69) is 48.9 Å². The van der Waals surface area contributed by atoms with E-state index >= 15 is 0 Å². The molecule has 0 bridgehead atoms. The van der Waals surface area contributed by atoms with E-state index in [1.807, 2.05) is 54.5 Å². The highest BCUT2D eigenvalue weighted by molar-refractivity contribution is 5.37. The molecular weight excluding hydrogens is 282 g/mol. The minimum Gasteiger partial charge on any atom is -0.353 e. The molecule has 0 N–H and O–H groups in total. The first-order valence-electron chi connectivity index (χ1n) is 8.93. The molecule has 2 nitrogen and oxygen atoms in total. The second kappa shape index (κ2) is 15.5. The number of ether oxygens (including phenoxy) is 1. The zero-order chi connectivity index (χ0) is 18.3. The third-order valence-corrected chi connectivity index (χ3v) is 3.11. The average Bonchev–Trinajstić information content (AvgIpc) is 2.80. The van der Waals surface area contributed by atoms with Gasteiger partial charge in [0.25, 0.3) is 0 Å². The molecule has 1 aliphatic rings. The molecule has 132 valence electrons. The Labute approximate surface area is 144 Å². The predicted molar refractivity (Wildman–Crippen MR) is 105 cm³/mol. The highest BCUT2D eigenvalue weighted by Crippen LogP contribution is 2.32. The Kier molecular flexibility index (Phi) is 16.1. The Bertz CT molecular complexity index is 437. The van der Waals surface area contributed by atoms with E-state index in [1.54, 1.807) is 0 Å². The molecule has 0 amide bonds. The number of benzene rings is 1. The van der Waals surface area contributed by atoms with Crippen molar-refractivity contribution in [3.8, 4) is 0 Å². The molecule has 1 unspecified atom stereocenters. The first-order chi connectivity index (χ1) is 11.3. The van der Waals surface area contributed by atoms with Gasteiger partial charge < -0.3 is 4.74 Å². The van der Waals surface area contributed by atoms with E-state index in [0.29, 0.717) is 6.73 Å². The van der Waals surface area contributed by atoms with Gasteiger partial charge in [-0.15, -0.1) is 0 Å². The zero-order valence-electron chi connectivity index (χ0n) is 16.5. The number of nitrogens with zero attached hydrogens (tertiary/aromatic N) is 1. The summed E-state index contributed by atoms with van der Waals surface area (Å²) >= 11 is 0. The van der Waals surface area contributed by atoms with Gasteiger partial charge in [-0.2, -0.15) is 0 Å². The first kappa shape index (κ1) is 23.9. The van der Waals surface area contributed by atoms with Crippen LogP contribution in [-0.2, 0) is 11.3 Å². The van der Waals surface area contributed by atoms with Crippen molar-refractivity contribution >= 4 is 0 Å². The zero-order valence-corrected chi connectivity index (χ0v) is 16.5. The van der Waals surface area contributed by atoms with Crippen molar-refractivity contribution < 1.29 is 4.74 Å². The van der Waals surface area contributed by atoms with Gasteiger partial charge in [-0.05, 0) is 30.7 Å². The molecule has 0 saturated carbocycles. The summed E-state index contributed by atoms with van der Waals surface area (Å²) < 4.78 is 5.97. The molecule has 2 heteroatoms. The lowest BCUT2D eigenvalue weighted by Gasteiger charge is -2.19. The van der Waals surface area contributed by atoms with E-state index in [1.165, 1.54) is 11.1 Å². The van der Waals surface area contributed by atoms with Gasteiger partial charge >= 0.3 is 0 Å². The highest BCUT2D eigenvalue weighted by Gasteiger charge is 2.22. The Morgan fingerprint density at radius 2 is 1.70 bits per heavy atom. The van der Waals surface area contributed by atoms with Crippen LogP contribution < -0.4 is 0 Å². The Morgan fingerprint density at radius 1 is 1.13 bits per heavy atom. The fraction of sp³-hybridized carbons (Fsp3) is 0.524. The van der Waals surface area contributed by atoms with Crippen LogP contribution >= 0.6 is 0 Å². The topological polar surface area (TPSA) is 12.5 Å². The number of allylic oxidation sites excluding steroid dienone is 1. The number of hydrogen-bond donors (Lipinski definition) is 0. The fourth-order valence-electron chi connectivity index (χ4n) is 2.21. The molecule has 1 aromatic rings. The van der Waals surface area contributed by atoms with Gasteiger partial charge in [-0.3, -0.25) is 4.90 Å². The molecule has 2 rings (SSSR count). The molecule has 1 atom stereocenters. The van der Waals surface area contributed by atoms with E-state index < -0.39 is 0 Å². The maximum atomic E-state index is 5.97. The SMILES string of the molecule is C=C/C(=C\C)C1OCN(C)Cc2ccccc21.CC.CC.CC. The standard InChI is InChI=1S/C15H19NO.3C2H6/c1-4-12(5-2)15-14-9-7-6-8-13(14)10-16(3)11-17-15;3*1-2/h4-9,15H,1,10-11H2,2-3H3;3*1-2H3/b12-5+;;;. The number of fused-ring (bicyclic) bond motifs is 1. The first-order valence-corrected chi connectivity index (χ1v) is 8.93. The molecule has 0 spiro atoms. The molecule has 1 aromatic carbocycles. The Balaban J connectivity index is 0. The van der Waals surface area contributed by atoms with Crippen molar-refractivity contribution in [3.63, 3.8) is 0 Å². The third kappa shape index (κ3) is 7.62. The summed E-state index contributed by atoms with van der Waals surface area (Å²) in [7, 11) is 2.07. The van der Waals surface area contributed by atoms with E-state index in [4.69, 9.17) is 4.74 Å². The average molecular weight is 320 g/mol. The van der Waals surface area contributed by atoms with E-state index in [-0.39, 0.29) is 6.10 Å². The van der Waals surface area contributed by atoms with Crippen LogP contribution in [0.1, 0.15) is 65.7 Å². The lowest BCUT2D eigenvalue weighted by atomic mass is 9.96. The molecule has 23 heavy (non-hydrogen) atoms. The molecule has 1 aliphatic heterocycles. The quantitative estimate of drug-likeness (QED) is 0.588. The molecule has 0 saturated heterocycles. The normalized spacial score (nSPS) is 16.9. The molecule has 0 aromatic heterocycles. The maximum absolute atomic E-state index is 5.97. The van der Waals surface area contributed by atoms with Crippen molar-refractivity contribution in [2.75, 3.05) is 13.8 Å². The minimum absolute atomic E-state index is 0.0126. The van der Waals surface area contributed by atoms with Crippen molar-refractivity contribution in [1.29, 1.82) is 0 Å². The number of rotatable bonds is 2. The van der Waals surface area contributed by atoms with Crippen molar-refractivity contribution in [2.45, 2.75) is 61.1 Å². The van der Waals surface area contributed by atoms with Crippen molar-refractivity contribution in [1.82, 2.24) is 4.90 Å². The summed E-state index contributed by atoms with van der Waals surface area (Å²) in [6.07, 6.45) is 3.96. The maximum Gasteiger partial charge on any atom is 0.109 e. The molecule has 0 aliphatic carbocycles. The van der Waals surface area contributed by atoms with Gasteiger partial charge in [0.15, 0.2) is 0 Å². The van der Waals surface area contributed by atoms with Crippen LogP contribution in [-0.4, -0.2) is 18.7 Å². The molecule has 0 radical (unpaired) electrons. The summed E-state index contributed by atoms with van der Waals surface area (Å²) in [5.74, 6) is 0. The van der Waals surface area contributed by atoms with Gasteiger partial charge in [0, 0.05) is 6.54 Å². The lowest BCUT2D eigenvalue weighted by Crippen LogP contribution is -2.19. The van der Waals surface area contributed by atoms with Crippen LogP contribution in [0.4, 0.5) is 0 Å². The second-order valence-corrected chi connectivity index (χ2v) is 4.38. The summed E-state index contributed by atoms with van der Waals surface area (Å²) in [5, 5.41) is 0. The Hall–Kier alpha value is -1.38. The molecule has 0 fully saturated rings. The summed E-state index contributed by atoms with van der Waals surface area (Å²) in [6.45, 7) is 19.5. The summed E-state index contributed by atoms with van der Waals surface area (Å²) in [4.78, 5) is 2.18. The van der Waals surface area contributed by atoms with Gasteiger partial charge in [0.05, 0.1) is 0 Å². The molecule has 1 heterocycles. The van der Waals surface area contributed by atoms with Crippen molar-refractivity contribution in [3.05, 3.63) is 59.7 Å². The summed E-state index contributed by atoms with van der Waals surface area (Å²) in [5.41, 5.74) is 3.72. The number of hydrogen-bond acceptors (Lipinski definition) is 2. The smallest absolute Gasteiger partial charge is 0.109 e. The van der Waals surface area contributed by atoms with Gasteiger partial charge in [-0.25, -0.2) is 0 Å². The monoisotopic (exact) mass is 319 g/mol. The highest BCUT2D eigenvalue weighted by atomic mass is 16.5. The van der Waals surface area contributed by atoms with E-state index in [0.717, 1.165) is 12.1 Å². The van der Waals surface area contributed by atoms with Gasteiger partial charge in [0.2, 0.25) is 0 Å². The third-order valence-electron chi connectivity index (χ3n) is 3.11. The van der Waals surface area contributed by atoms with Crippen LogP contribution in [0, 0.1) is 0 Å². The predicted octanol–water partition coefficient (Wildman–Crippen LogP) is 6.36. The summed E-state index contributed by atoms with van der Waals surface area (Å²) in [6, 6.07) is 8.46. The van der Waals surface area contributed by atoms with Crippen LogP contribution in [0.15, 0.2) is 48.6 Å². The van der Waals surface area contributed by atoms with Gasteiger partial charge in [0.1, 0.15) is 12.8 Å². The largest absolute Gasteiger partial charge is 0.353 e. The van der Waals surface area contributed by atoms with Crippen LogP contribution in [0.25, 0.3) is 0 Å². The van der Waals surface area contributed by atoms with Crippen LogP contribution in [0.5, 0.6) is 0 Å². The fourth-order valence-corrected chi connectivity index (χ4v) is 2.21. The van der Waals surface area contributed by atoms with Gasteiger partial charge in [-0.1, -0.05) is 84.5 Å². The molecular formula is C21H37NO. The van der Waals surface area contributed by atoms with Crippen LogP contribution in [0.3, 0.4) is 0 Å². The minimum atomic E-state index is 0.0126. The second-order valence-electron chi connectivity index (χ2n) is 4.38.